The van der Waals surface area contributed by atoms with Crippen molar-refractivity contribution < 1.29 is 54.3 Å². The summed E-state index contributed by atoms with van der Waals surface area (Å²) in [6, 6.07) is -0.975. The molecule has 3 heterocycles. The maximum absolute atomic E-state index is 12.6. The minimum absolute atomic E-state index is 0. The van der Waals surface area contributed by atoms with Gasteiger partial charge in [0.2, 0.25) is 0 Å². The maximum Gasteiger partial charge on any atom is 1.00 e. The van der Waals surface area contributed by atoms with Crippen LogP contribution in [0.3, 0.4) is 0 Å². The zero-order valence-corrected chi connectivity index (χ0v) is 20.3. The molecule has 0 aromatic carbocycles. The van der Waals surface area contributed by atoms with Gasteiger partial charge in [0.1, 0.15) is 17.1 Å². The van der Waals surface area contributed by atoms with Gasteiger partial charge in [0.05, 0.1) is 17.4 Å². The Balaban J connectivity index is 0.00000320. The third-order valence-electron chi connectivity index (χ3n) is 3.99. The average molecular weight is 476 g/mol. The molecule has 2 amide bonds. The number of β-lactam (4-membered cyclic amide) rings is 1. The van der Waals surface area contributed by atoms with Crippen molar-refractivity contribution in [3.63, 3.8) is 0 Å². The Morgan fingerprint density at radius 1 is 1.57 bits per heavy atom. The Labute approximate surface area is 206 Å². The van der Waals surface area contributed by atoms with Crippen LogP contribution in [0.25, 0.3) is 0 Å². The minimum Gasteiger partial charge on any atom is -0.543 e. The first-order valence-electron chi connectivity index (χ1n) is 8.04. The molecule has 2 atom stereocenters. The number of hydrogen-bond donors (Lipinski definition) is 3. The Kier molecular flexibility index (Phi) is 8.65. The van der Waals surface area contributed by atoms with Gasteiger partial charge in [-0.15, -0.1) is 40.8 Å². The molecule has 10 nitrogen and oxygen atoms in total. The number of nitrogens with zero attached hydrogens (tertiary/aromatic N) is 3. The van der Waals surface area contributed by atoms with Crippen LogP contribution in [0, 0.1) is 11.8 Å². The molecule has 0 bridgehead atoms. The molecule has 2 aliphatic rings. The quantitative estimate of drug-likeness (QED) is 0.0931. The molecule has 0 spiro atoms. The standard InChI is InChI=1S/C16H15N5O5S3.Na/c1-2-3-4-27-8-6-28-14-10(13(23)21(14)11(8)15(24)25)19-12(22)9(20-26)7-5-29-16(17)18-7;/h5,10,14,26H,4,6H2,1H3,(H2,17,18)(H,19,22)(H,24,25);/q;+1/p-1/b20-9-;/t10-,14+;/m1./s1. The summed E-state index contributed by atoms with van der Waals surface area (Å²) in [5, 5.41) is 27.2. The van der Waals surface area contributed by atoms with Gasteiger partial charge in [0.15, 0.2) is 10.8 Å². The van der Waals surface area contributed by atoms with Crippen molar-refractivity contribution in [2.75, 3.05) is 17.2 Å². The Bertz CT molecular complexity index is 999. The fourth-order valence-electron chi connectivity index (χ4n) is 2.71. The monoisotopic (exact) mass is 475 g/mol. The van der Waals surface area contributed by atoms with Gasteiger partial charge in [0, 0.05) is 16.0 Å². The predicted octanol–water partition coefficient (Wildman–Crippen LogP) is -3.97. The molecule has 0 radical (unpaired) electrons. The van der Waals surface area contributed by atoms with E-state index in [1.165, 1.54) is 28.9 Å². The number of nitrogen functional groups attached to an aromatic ring is 1. The molecule has 1 saturated heterocycles. The van der Waals surface area contributed by atoms with Crippen molar-refractivity contribution in [1.29, 1.82) is 0 Å². The summed E-state index contributed by atoms with van der Waals surface area (Å²) in [5.41, 5.74) is 4.99. The number of amides is 2. The maximum atomic E-state index is 12.6. The molecule has 2 aliphatic heterocycles. The van der Waals surface area contributed by atoms with Crippen molar-refractivity contribution in [2.45, 2.75) is 18.3 Å². The molecule has 4 N–H and O–H groups in total. The van der Waals surface area contributed by atoms with Crippen LogP contribution in [0.15, 0.2) is 21.1 Å². The van der Waals surface area contributed by atoms with Gasteiger partial charge in [-0.3, -0.25) is 14.5 Å². The molecule has 0 aliphatic carbocycles. The van der Waals surface area contributed by atoms with Crippen molar-refractivity contribution in [3.05, 3.63) is 21.7 Å². The van der Waals surface area contributed by atoms with E-state index in [4.69, 9.17) is 10.9 Å². The smallest absolute Gasteiger partial charge is 0.543 e. The minimum atomic E-state index is -1.46. The second kappa shape index (κ2) is 10.6. The summed E-state index contributed by atoms with van der Waals surface area (Å²) in [6.45, 7) is 1.68. The molecular formula is C16H14N5NaO5S3. The first-order chi connectivity index (χ1) is 13.9. The number of aromatic nitrogens is 1. The number of thiazole rings is 1. The third kappa shape index (κ3) is 4.79. The van der Waals surface area contributed by atoms with Gasteiger partial charge in [-0.2, -0.15) is 0 Å². The van der Waals surface area contributed by atoms with Crippen LogP contribution in [0.5, 0.6) is 0 Å². The largest absolute Gasteiger partial charge is 1.00 e. The zero-order valence-electron chi connectivity index (χ0n) is 15.9. The van der Waals surface area contributed by atoms with Gasteiger partial charge in [0.25, 0.3) is 11.8 Å². The van der Waals surface area contributed by atoms with Crippen molar-refractivity contribution >= 4 is 63.5 Å². The van der Waals surface area contributed by atoms with E-state index in [1.807, 2.05) is 0 Å². The van der Waals surface area contributed by atoms with E-state index in [-0.39, 0.29) is 46.1 Å². The van der Waals surface area contributed by atoms with E-state index in [9.17, 15) is 19.5 Å². The predicted molar refractivity (Wildman–Crippen MR) is 108 cm³/mol. The molecular weight excluding hydrogens is 461 g/mol. The van der Waals surface area contributed by atoms with Crippen LogP contribution in [-0.4, -0.2) is 61.5 Å². The summed E-state index contributed by atoms with van der Waals surface area (Å²) in [4.78, 5) is 42.1. The number of fused-ring (bicyclic) bond motifs is 1. The van der Waals surface area contributed by atoms with E-state index in [2.05, 4.69) is 27.3 Å². The van der Waals surface area contributed by atoms with Crippen LogP contribution < -0.4 is 45.7 Å². The third-order valence-corrected chi connectivity index (χ3v) is 7.10. The van der Waals surface area contributed by atoms with Crippen molar-refractivity contribution in [2.24, 2.45) is 5.16 Å². The molecule has 0 unspecified atom stereocenters. The Morgan fingerprint density at radius 2 is 2.30 bits per heavy atom. The number of carboxylic acids is 1. The Morgan fingerprint density at radius 3 is 2.87 bits per heavy atom. The zero-order chi connectivity index (χ0) is 21.1. The van der Waals surface area contributed by atoms with Gasteiger partial charge in [-0.05, 0) is 6.92 Å². The van der Waals surface area contributed by atoms with E-state index >= 15 is 0 Å². The summed E-state index contributed by atoms with van der Waals surface area (Å²) in [6.07, 6.45) is 0. The van der Waals surface area contributed by atoms with Gasteiger partial charge < -0.3 is 26.2 Å². The fourth-order valence-corrected chi connectivity index (χ4v) is 5.69. The topological polar surface area (TPSA) is 161 Å². The number of carbonyl (C=O) groups excluding carboxylic acids is 3. The number of oxime groups is 1. The second-order valence-corrected chi connectivity index (χ2v) is 8.72. The molecule has 1 fully saturated rings. The van der Waals surface area contributed by atoms with Gasteiger partial charge >= 0.3 is 29.6 Å². The van der Waals surface area contributed by atoms with Crippen LogP contribution in [0.4, 0.5) is 5.13 Å². The van der Waals surface area contributed by atoms with Crippen LogP contribution in [0.1, 0.15) is 12.6 Å². The number of nitrogens with two attached hydrogens (primary N) is 1. The normalized spacial score (nSPS) is 20.4. The van der Waals surface area contributed by atoms with Crippen LogP contribution >= 0.6 is 34.9 Å². The number of hydrogen-bond acceptors (Lipinski definition) is 11. The Hall–Kier alpha value is -1.69. The number of carboxylic acid groups (broad SMARTS) is 1. The van der Waals surface area contributed by atoms with E-state index in [0.29, 0.717) is 16.4 Å². The number of aliphatic carboxylic acids is 1. The van der Waals surface area contributed by atoms with Crippen LogP contribution in [-0.2, 0) is 14.4 Å². The molecule has 3 rings (SSSR count). The summed E-state index contributed by atoms with van der Waals surface area (Å²) in [5.74, 6) is 3.39. The van der Waals surface area contributed by atoms with E-state index in [1.54, 1.807) is 6.92 Å². The van der Waals surface area contributed by atoms with E-state index in [0.717, 1.165) is 16.2 Å². The molecule has 14 heteroatoms. The number of rotatable bonds is 6. The van der Waals surface area contributed by atoms with Gasteiger partial charge in [-0.25, -0.2) is 4.98 Å². The van der Waals surface area contributed by atoms with Crippen molar-refractivity contribution in [3.8, 4) is 11.8 Å². The molecule has 1 aromatic heterocycles. The van der Waals surface area contributed by atoms with Crippen molar-refractivity contribution in [1.82, 2.24) is 15.2 Å². The number of carbonyl (C=O) groups is 3. The second-order valence-electron chi connectivity index (χ2n) is 5.66. The molecule has 1 aromatic rings. The molecule has 0 saturated carbocycles. The van der Waals surface area contributed by atoms with E-state index < -0.39 is 34.9 Å². The first-order valence-corrected chi connectivity index (χ1v) is 11.0. The summed E-state index contributed by atoms with van der Waals surface area (Å²) >= 11 is 3.60. The average Bonchev–Trinajstić information content (AvgIpc) is 3.12. The SMILES string of the molecule is CC#CCSC1=C(C(=O)[O-])N2C(=O)[C@@H](NC(=O)/C(=N\O)c3csc(N)n3)[C@@H]2SC1.[Na+]. The molecule has 30 heavy (non-hydrogen) atoms. The fraction of sp³-hybridized carbons (Fsp3) is 0.312. The molecule has 152 valence electrons. The first kappa shape index (κ1) is 24.6. The number of nitrogens with one attached hydrogen (secondary N) is 1. The summed E-state index contributed by atoms with van der Waals surface area (Å²) < 4.78 is 0. The number of thioether (sulfide) groups is 2. The number of anilines is 1. The van der Waals surface area contributed by atoms with Crippen LogP contribution in [0.2, 0.25) is 0 Å². The van der Waals surface area contributed by atoms with Gasteiger partial charge in [-0.1, -0.05) is 11.1 Å². The summed E-state index contributed by atoms with van der Waals surface area (Å²) in [7, 11) is 0.